The fourth-order valence-electron chi connectivity index (χ4n) is 10.1. The molecule has 0 aliphatic heterocycles. The van der Waals surface area contributed by atoms with Gasteiger partial charge in [0, 0.05) is 38.6 Å². The molecule has 0 unspecified atom stereocenters. The zero-order chi connectivity index (χ0) is 41.0. The monoisotopic (exact) mass is 776 g/mol. The fourth-order valence-corrected chi connectivity index (χ4v) is 10.1. The summed E-state index contributed by atoms with van der Waals surface area (Å²) in [7, 11) is 0. The number of hydrogen-bond donors (Lipinski definition) is 0. The molecule has 0 fully saturated rings. The quantitative estimate of drug-likeness (QED) is 0.175. The number of aromatic nitrogens is 4. The van der Waals surface area contributed by atoms with Crippen LogP contribution in [0, 0.1) is 0 Å². The third-order valence-electron chi connectivity index (χ3n) is 13.7. The van der Waals surface area contributed by atoms with E-state index in [4.69, 9.17) is 15.0 Å². The summed E-state index contributed by atoms with van der Waals surface area (Å²) in [5.74, 6) is 1.98. The Labute approximate surface area is 352 Å². The molecule has 2 heterocycles. The molecule has 9 aromatic rings. The minimum Gasteiger partial charge on any atom is -0.309 e. The Morgan fingerprint density at radius 1 is 0.383 bits per heavy atom. The molecule has 60 heavy (non-hydrogen) atoms. The van der Waals surface area contributed by atoms with Gasteiger partial charge >= 0.3 is 0 Å². The van der Waals surface area contributed by atoms with Crippen LogP contribution in [0.4, 0.5) is 0 Å². The topological polar surface area (TPSA) is 43.6 Å². The van der Waals surface area contributed by atoms with Crippen molar-refractivity contribution in [2.75, 3.05) is 0 Å². The standard InChI is InChI=1S/C56H48N4/c1-54(2)29-30-55(3,4)48-34-50-44(33-47(48)54)43-19-13-14-20-49(43)60(50)40-25-21-37(22-26-40)52-57-51(36-17-11-8-12-18-36)58-53(59-52)39-24-28-42-41-27-23-38(35-15-9-7-10-16-35)31-45(41)56(5,6)46(42)32-39/h7-28,31-34H,29-30H2,1-6H3. The minimum atomic E-state index is -0.197. The van der Waals surface area contributed by atoms with Crippen molar-refractivity contribution < 1.29 is 0 Å². The van der Waals surface area contributed by atoms with Crippen molar-refractivity contribution in [3.63, 3.8) is 0 Å². The van der Waals surface area contributed by atoms with Gasteiger partial charge in [0.1, 0.15) is 0 Å². The molecular formula is C56H48N4. The van der Waals surface area contributed by atoms with Gasteiger partial charge in [-0.15, -0.1) is 0 Å². The van der Waals surface area contributed by atoms with Gasteiger partial charge in [0.05, 0.1) is 11.0 Å². The molecule has 0 radical (unpaired) electrons. The second-order valence-electron chi connectivity index (χ2n) is 18.8. The summed E-state index contributed by atoms with van der Waals surface area (Å²) >= 11 is 0. The summed E-state index contributed by atoms with van der Waals surface area (Å²) in [6.45, 7) is 14.3. The third-order valence-corrected chi connectivity index (χ3v) is 13.7. The Balaban J connectivity index is 1.01. The maximum atomic E-state index is 5.22. The summed E-state index contributed by atoms with van der Waals surface area (Å²) in [5.41, 5.74) is 17.1. The highest BCUT2D eigenvalue weighted by molar-refractivity contribution is 6.10. The van der Waals surface area contributed by atoms with Gasteiger partial charge in [0.25, 0.3) is 0 Å². The first-order chi connectivity index (χ1) is 29.0. The van der Waals surface area contributed by atoms with Gasteiger partial charge in [0.2, 0.25) is 0 Å². The van der Waals surface area contributed by atoms with Gasteiger partial charge in [-0.1, -0.05) is 145 Å². The van der Waals surface area contributed by atoms with E-state index in [0.717, 1.165) is 22.4 Å². The van der Waals surface area contributed by atoms with Crippen molar-refractivity contribution in [3.05, 3.63) is 180 Å². The van der Waals surface area contributed by atoms with Crippen molar-refractivity contribution in [3.8, 4) is 62.1 Å². The third kappa shape index (κ3) is 5.68. The van der Waals surface area contributed by atoms with Gasteiger partial charge in [-0.25, -0.2) is 15.0 Å². The number of benzene rings is 7. The highest BCUT2D eigenvalue weighted by Crippen LogP contribution is 2.51. The van der Waals surface area contributed by atoms with E-state index in [2.05, 4.69) is 186 Å². The molecule has 2 aromatic heterocycles. The predicted molar refractivity (Wildman–Crippen MR) is 249 cm³/mol. The van der Waals surface area contributed by atoms with Crippen molar-refractivity contribution in [2.24, 2.45) is 0 Å². The molecular weight excluding hydrogens is 729 g/mol. The first-order valence-electron chi connectivity index (χ1n) is 21.3. The van der Waals surface area contributed by atoms with E-state index in [-0.39, 0.29) is 16.2 Å². The van der Waals surface area contributed by atoms with E-state index >= 15 is 0 Å². The number of rotatable bonds is 5. The largest absolute Gasteiger partial charge is 0.309 e. The molecule has 0 spiro atoms. The van der Waals surface area contributed by atoms with Crippen molar-refractivity contribution in [2.45, 2.75) is 70.6 Å². The number of nitrogens with zero attached hydrogens (tertiary/aromatic N) is 4. The summed E-state index contributed by atoms with van der Waals surface area (Å²) in [5, 5.41) is 2.59. The SMILES string of the molecule is CC1(C)CCC(C)(C)c2cc3c(cc21)c1ccccc1n3-c1ccc(-c2nc(-c3ccccc3)nc(-c3ccc4c(c3)C(C)(C)c3cc(-c5ccccc5)ccc3-4)n2)cc1. The van der Waals surface area contributed by atoms with Gasteiger partial charge in [-0.2, -0.15) is 0 Å². The van der Waals surface area contributed by atoms with Crippen LogP contribution in [-0.2, 0) is 16.2 Å². The average Bonchev–Trinajstić information content (AvgIpc) is 3.72. The van der Waals surface area contributed by atoms with Crippen LogP contribution in [0.15, 0.2) is 158 Å². The molecule has 2 aliphatic rings. The molecule has 4 nitrogen and oxygen atoms in total. The van der Waals surface area contributed by atoms with Crippen LogP contribution >= 0.6 is 0 Å². The van der Waals surface area contributed by atoms with Crippen LogP contribution in [0.25, 0.3) is 83.9 Å². The number of hydrogen-bond acceptors (Lipinski definition) is 3. The van der Waals surface area contributed by atoms with Crippen LogP contribution in [0.3, 0.4) is 0 Å². The minimum absolute atomic E-state index is 0.113. The zero-order valence-corrected chi connectivity index (χ0v) is 35.2. The van der Waals surface area contributed by atoms with E-state index in [1.807, 2.05) is 18.2 Å². The Bertz CT molecular complexity index is 3150. The maximum absolute atomic E-state index is 5.22. The molecule has 4 heteroatoms. The summed E-state index contributed by atoms with van der Waals surface area (Å²) in [4.78, 5) is 15.5. The zero-order valence-electron chi connectivity index (χ0n) is 35.2. The molecule has 0 atom stereocenters. The van der Waals surface area contributed by atoms with Crippen LogP contribution in [0.1, 0.15) is 76.6 Å². The lowest BCUT2D eigenvalue weighted by molar-refractivity contribution is 0.332. The van der Waals surface area contributed by atoms with Gasteiger partial charge in [-0.05, 0) is 123 Å². The van der Waals surface area contributed by atoms with Crippen LogP contribution in [0.5, 0.6) is 0 Å². The lowest BCUT2D eigenvalue weighted by Crippen LogP contribution is -2.33. The average molecular weight is 777 g/mol. The molecule has 0 N–H and O–H groups in total. The number of para-hydroxylation sites is 1. The molecule has 0 saturated heterocycles. The van der Waals surface area contributed by atoms with Gasteiger partial charge in [-0.3, -0.25) is 0 Å². The second kappa shape index (κ2) is 13.2. The molecule has 0 saturated carbocycles. The molecule has 0 amide bonds. The molecule has 0 bridgehead atoms. The molecule has 292 valence electrons. The van der Waals surface area contributed by atoms with Crippen molar-refractivity contribution >= 4 is 21.8 Å². The summed E-state index contributed by atoms with van der Waals surface area (Å²) in [6, 6.07) is 57.1. The maximum Gasteiger partial charge on any atom is 0.164 e. The smallest absolute Gasteiger partial charge is 0.164 e. The van der Waals surface area contributed by atoms with Crippen LogP contribution in [-0.4, -0.2) is 19.5 Å². The van der Waals surface area contributed by atoms with Crippen molar-refractivity contribution in [1.29, 1.82) is 0 Å². The molecule has 2 aliphatic carbocycles. The van der Waals surface area contributed by atoms with Crippen LogP contribution < -0.4 is 0 Å². The normalized spacial score (nSPS) is 15.8. The number of fused-ring (bicyclic) bond motifs is 7. The van der Waals surface area contributed by atoms with E-state index in [1.165, 1.54) is 79.2 Å². The van der Waals surface area contributed by atoms with E-state index in [1.54, 1.807) is 0 Å². The second-order valence-corrected chi connectivity index (χ2v) is 18.8. The van der Waals surface area contributed by atoms with Gasteiger partial charge in [0.15, 0.2) is 17.5 Å². The Hall–Kier alpha value is -6.65. The summed E-state index contributed by atoms with van der Waals surface area (Å²) < 4.78 is 2.44. The van der Waals surface area contributed by atoms with E-state index in [0.29, 0.717) is 17.5 Å². The first-order valence-corrected chi connectivity index (χ1v) is 21.3. The van der Waals surface area contributed by atoms with Gasteiger partial charge < -0.3 is 4.57 Å². The Morgan fingerprint density at radius 3 is 1.50 bits per heavy atom. The molecule has 11 rings (SSSR count). The highest BCUT2D eigenvalue weighted by atomic mass is 15.0. The predicted octanol–water partition coefficient (Wildman–Crippen LogP) is 14.3. The lowest BCUT2D eigenvalue weighted by Gasteiger charge is -2.42. The van der Waals surface area contributed by atoms with E-state index < -0.39 is 0 Å². The van der Waals surface area contributed by atoms with Crippen molar-refractivity contribution in [1.82, 2.24) is 19.5 Å². The van der Waals surface area contributed by atoms with Crippen LogP contribution in [0.2, 0.25) is 0 Å². The first kappa shape index (κ1) is 36.4. The molecule has 7 aromatic carbocycles. The highest BCUT2D eigenvalue weighted by Gasteiger charge is 2.38. The summed E-state index contributed by atoms with van der Waals surface area (Å²) in [6.07, 6.45) is 2.37. The Kier molecular flexibility index (Phi) is 8.00. The van der Waals surface area contributed by atoms with E-state index in [9.17, 15) is 0 Å². The fraction of sp³-hybridized carbons (Fsp3) is 0.196. The Morgan fingerprint density at radius 2 is 0.867 bits per heavy atom. The lowest BCUT2D eigenvalue weighted by atomic mass is 9.63.